The Balaban J connectivity index is 2.61. The molecule has 0 saturated carbocycles. The number of rotatable bonds is 6. The Labute approximate surface area is 110 Å². The highest BCUT2D eigenvalue weighted by Gasteiger charge is 2.19. The molecule has 0 fully saturated rings. The molecule has 3 nitrogen and oxygen atoms in total. The number of para-hydroxylation sites is 1. The Hall–Kier alpha value is -1.06. The van der Waals surface area contributed by atoms with Crippen molar-refractivity contribution in [3.05, 3.63) is 29.8 Å². The van der Waals surface area contributed by atoms with E-state index in [9.17, 15) is 0 Å². The van der Waals surface area contributed by atoms with E-state index < -0.39 is 0 Å². The van der Waals surface area contributed by atoms with Gasteiger partial charge >= 0.3 is 0 Å². The van der Waals surface area contributed by atoms with Gasteiger partial charge in [-0.2, -0.15) is 0 Å². The predicted octanol–water partition coefficient (Wildman–Crippen LogP) is 2.58. The fraction of sp³-hybridized carbons (Fsp3) is 0.600. The lowest BCUT2D eigenvalue weighted by Crippen LogP contribution is -2.37. The number of hydrogen-bond acceptors (Lipinski definition) is 3. The van der Waals surface area contributed by atoms with Crippen LogP contribution in [0.15, 0.2) is 24.3 Å². The quantitative estimate of drug-likeness (QED) is 0.816. The van der Waals surface area contributed by atoms with E-state index in [1.807, 2.05) is 18.2 Å². The zero-order chi connectivity index (χ0) is 13.6. The number of nitrogens with one attached hydrogen (secondary N) is 1. The molecule has 0 saturated heterocycles. The molecule has 1 unspecified atom stereocenters. The van der Waals surface area contributed by atoms with Gasteiger partial charge in [-0.15, -0.1) is 0 Å². The maximum atomic E-state index is 8.80. The van der Waals surface area contributed by atoms with E-state index in [0.717, 1.165) is 17.9 Å². The van der Waals surface area contributed by atoms with Crippen LogP contribution in [0.5, 0.6) is 5.75 Å². The molecule has 0 amide bonds. The van der Waals surface area contributed by atoms with Gasteiger partial charge in [-0.25, -0.2) is 0 Å². The van der Waals surface area contributed by atoms with Crippen LogP contribution in [0.2, 0.25) is 0 Å². The highest BCUT2D eigenvalue weighted by atomic mass is 16.5. The van der Waals surface area contributed by atoms with E-state index in [1.165, 1.54) is 0 Å². The minimum atomic E-state index is 0.0418. The van der Waals surface area contributed by atoms with Crippen LogP contribution < -0.4 is 10.1 Å². The Morgan fingerprint density at radius 3 is 2.56 bits per heavy atom. The van der Waals surface area contributed by atoms with Crippen molar-refractivity contribution in [3.8, 4) is 5.75 Å². The average Bonchev–Trinajstić information content (AvgIpc) is 2.33. The zero-order valence-electron chi connectivity index (χ0n) is 11.9. The van der Waals surface area contributed by atoms with Gasteiger partial charge in [-0.05, 0) is 18.4 Å². The first kappa shape index (κ1) is 15.0. The number of ether oxygens (including phenoxy) is 1. The van der Waals surface area contributed by atoms with Crippen LogP contribution in [0, 0.1) is 5.41 Å². The van der Waals surface area contributed by atoms with Crippen molar-refractivity contribution in [2.45, 2.75) is 40.3 Å². The van der Waals surface area contributed by atoms with Gasteiger partial charge in [-0.1, -0.05) is 39.0 Å². The molecule has 1 rings (SSSR count). The maximum absolute atomic E-state index is 8.80. The topological polar surface area (TPSA) is 41.5 Å². The van der Waals surface area contributed by atoms with E-state index >= 15 is 0 Å². The third kappa shape index (κ3) is 4.67. The first-order valence-electron chi connectivity index (χ1n) is 6.50. The third-order valence-electron chi connectivity index (χ3n) is 3.22. The number of aliphatic hydroxyl groups is 1. The smallest absolute Gasteiger partial charge is 0.123 e. The van der Waals surface area contributed by atoms with Crippen molar-refractivity contribution in [2.75, 3.05) is 13.2 Å². The van der Waals surface area contributed by atoms with E-state index in [2.05, 4.69) is 39.1 Å². The van der Waals surface area contributed by atoms with E-state index in [-0.39, 0.29) is 12.0 Å². The van der Waals surface area contributed by atoms with Gasteiger partial charge in [0, 0.05) is 18.2 Å². The number of hydrogen-bond donors (Lipinski definition) is 2. The van der Waals surface area contributed by atoms with E-state index in [1.54, 1.807) is 0 Å². The summed E-state index contributed by atoms with van der Waals surface area (Å²) in [5, 5.41) is 12.3. The summed E-state index contributed by atoms with van der Waals surface area (Å²) in [5.74, 6) is 0.847. The summed E-state index contributed by atoms with van der Waals surface area (Å²) in [7, 11) is 0. The van der Waals surface area contributed by atoms with E-state index in [4.69, 9.17) is 9.84 Å². The number of benzene rings is 1. The van der Waals surface area contributed by atoms with Crippen LogP contribution in [-0.2, 0) is 6.54 Å². The normalized spacial score (nSPS) is 13.4. The minimum absolute atomic E-state index is 0.0418. The fourth-order valence-electron chi connectivity index (χ4n) is 1.52. The highest BCUT2D eigenvalue weighted by molar-refractivity contribution is 5.33. The van der Waals surface area contributed by atoms with Crippen LogP contribution in [0.4, 0.5) is 0 Å². The van der Waals surface area contributed by atoms with Crippen LogP contribution >= 0.6 is 0 Å². The summed E-state index contributed by atoms with van der Waals surface area (Å²) >= 11 is 0. The summed E-state index contributed by atoms with van der Waals surface area (Å²) in [4.78, 5) is 0. The van der Waals surface area contributed by atoms with Gasteiger partial charge in [0.05, 0.1) is 6.61 Å². The molecule has 0 aliphatic rings. The molecule has 0 aliphatic heterocycles. The summed E-state index contributed by atoms with van der Waals surface area (Å²) in [6, 6.07) is 8.36. The molecule has 3 heteroatoms. The standard InChI is InChI=1S/C15H25NO2/c1-12(15(2,3)4)16-11-13-7-5-6-8-14(13)18-10-9-17/h5-8,12,16-17H,9-11H2,1-4H3. The van der Waals surface area contributed by atoms with Gasteiger partial charge in [0.25, 0.3) is 0 Å². The second kappa shape index (κ2) is 6.76. The van der Waals surface area contributed by atoms with Crippen molar-refractivity contribution in [2.24, 2.45) is 5.41 Å². The summed E-state index contributed by atoms with van der Waals surface area (Å²) in [6.45, 7) is 10.0. The largest absolute Gasteiger partial charge is 0.491 e. The van der Waals surface area contributed by atoms with Gasteiger partial charge in [0.2, 0.25) is 0 Å². The molecule has 1 aromatic carbocycles. The fourth-order valence-corrected chi connectivity index (χ4v) is 1.52. The minimum Gasteiger partial charge on any atom is -0.491 e. The predicted molar refractivity (Wildman–Crippen MR) is 74.8 cm³/mol. The second-order valence-corrected chi connectivity index (χ2v) is 5.65. The van der Waals surface area contributed by atoms with Gasteiger partial charge in [0.15, 0.2) is 0 Å². The Bertz CT molecular complexity index is 358. The molecule has 18 heavy (non-hydrogen) atoms. The molecular weight excluding hydrogens is 226 g/mol. The van der Waals surface area contributed by atoms with Crippen molar-refractivity contribution < 1.29 is 9.84 Å². The Morgan fingerprint density at radius 1 is 1.28 bits per heavy atom. The first-order valence-corrected chi connectivity index (χ1v) is 6.50. The lowest BCUT2D eigenvalue weighted by molar-refractivity contribution is 0.199. The number of aliphatic hydroxyl groups excluding tert-OH is 1. The molecule has 0 aliphatic carbocycles. The molecule has 2 N–H and O–H groups in total. The molecule has 102 valence electrons. The molecule has 0 spiro atoms. The van der Waals surface area contributed by atoms with Crippen molar-refractivity contribution in [1.29, 1.82) is 0 Å². The zero-order valence-corrected chi connectivity index (χ0v) is 11.9. The molecule has 1 aromatic rings. The molecular formula is C15H25NO2. The van der Waals surface area contributed by atoms with Gasteiger partial charge < -0.3 is 15.2 Å². The summed E-state index contributed by atoms with van der Waals surface area (Å²) in [5.41, 5.74) is 1.36. The Morgan fingerprint density at radius 2 is 1.94 bits per heavy atom. The van der Waals surface area contributed by atoms with Crippen molar-refractivity contribution in [3.63, 3.8) is 0 Å². The van der Waals surface area contributed by atoms with Crippen LogP contribution in [0.1, 0.15) is 33.3 Å². The monoisotopic (exact) mass is 251 g/mol. The van der Waals surface area contributed by atoms with Crippen LogP contribution in [0.3, 0.4) is 0 Å². The van der Waals surface area contributed by atoms with Gasteiger partial charge in [0.1, 0.15) is 12.4 Å². The molecule has 0 aromatic heterocycles. The lowest BCUT2D eigenvalue weighted by atomic mass is 9.88. The molecule has 0 radical (unpaired) electrons. The molecule has 0 bridgehead atoms. The van der Waals surface area contributed by atoms with Crippen LogP contribution in [0.25, 0.3) is 0 Å². The first-order chi connectivity index (χ1) is 8.45. The summed E-state index contributed by atoms with van der Waals surface area (Å²) in [6.07, 6.45) is 0. The molecule has 0 heterocycles. The SMILES string of the molecule is CC(NCc1ccccc1OCCO)C(C)(C)C. The van der Waals surface area contributed by atoms with Crippen molar-refractivity contribution >= 4 is 0 Å². The molecule has 1 atom stereocenters. The van der Waals surface area contributed by atoms with Gasteiger partial charge in [-0.3, -0.25) is 0 Å². The summed E-state index contributed by atoms with van der Waals surface area (Å²) < 4.78 is 5.51. The average molecular weight is 251 g/mol. The highest BCUT2D eigenvalue weighted by Crippen LogP contribution is 2.21. The van der Waals surface area contributed by atoms with Crippen molar-refractivity contribution in [1.82, 2.24) is 5.32 Å². The maximum Gasteiger partial charge on any atom is 0.123 e. The third-order valence-corrected chi connectivity index (χ3v) is 3.22. The van der Waals surface area contributed by atoms with Crippen LogP contribution in [-0.4, -0.2) is 24.4 Å². The lowest BCUT2D eigenvalue weighted by Gasteiger charge is -2.28. The second-order valence-electron chi connectivity index (χ2n) is 5.65. The Kier molecular flexibility index (Phi) is 5.63. The van der Waals surface area contributed by atoms with E-state index in [0.29, 0.717) is 12.6 Å².